The molecule has 1 saturated carbocycles. The quantitative estimate of drug-likeness (QED) is 0.819. The summed E-state index contributed by atoms with van der Waals surface area (Å²) in [6.07, 6.45) is 3.47. The van der Waals surface area contributed by atoms with Crippen LogP contribution in [0.2, 0.25) is 5.02 Å². The topological polar surface area (TPSA) is 35.6 Å². The molecule has 1 aliphatic carbocycles. The van der Waals surface area contributed by atoms with Crippen molar-refractivity contribution in [1.82, 2.24) is 10.2 Å². The fraction of sp³-hybridized carbons (Fsp3) is 0.611. The van der Waals surface area contributed by atoms with Gasteiger partial charge in [0.1, 0.15) is 0 Å². The third-order valence-corrected chi connectivity index (χ3v) is 6.12. The van der Waals surface area contributed by atoms with Gasteiger partial charge in [-0.3, -0.25) is 4.79 Å². The Balaban J connectivity index is 0.00000113. The number of rotatable bonds is 2. The van der Waals surface area contributed by atoms with Gasteiger partial charge in [-0.05, 0) is 62.0 Å². The second kappa shape index (κ2) is 8.34. The molecule has 1 N–H and O–H groups in total. The van der Waals surface area contributed by atoms with E-state index in [-0.39, 0.29) is 24.8 Å². The van der Waals surface area contributed by atoms with E-state index in [0.717, 1.165) is 50.7 Å². The highest BCUT2D eigenvalue weighted by atomic mass is 35.5. The summed E-state index contributed by atoms with van der Waals surface area (Å²) >= 11 is 5.95. The number of nitrogens with zero attached hydrogens (tertiary/aromatic N) is 2. The van der Waals surface area contributed by atoms with E-state index in [9.17, 15) is 4.79 Å². The van der Waals surface area contributed by atoms with Crippen LogP contribution in [0.4, 0.5) is 5.69 Å². The summed E-state index contributed by atoms with van der Waals surface area (Å²) in [5.41, 5.74) is 1.54. The predicted molar refractivity (Wildman–Crippen MR) is 107 cm³/mol. The number of benzene rings is 1. The molecule has 0 bridgehead atoms. The average Bonchev–Trinajstić information content (AvgIpc) is 3.28. The van der Waals surface area contributed by atoms with Gasteiger partial charge in [-0.15, -0.1) is 24.8 Å². The van der Waals surface area contributed by atoms with Gasteiger partial charge < -0.3 is 15.1 Å². The largest absolute Gasteiger partial charge is 0.368 e. The first-order valence-corrected chi connectivity index (χ1v) is 9.06. The van der Waals surface area contributed by atoms with Gasteiger partial charge in [0.15, 0.2) is 0 Å². The van der Waals surface area contributed by atoms with Gasteiger partial charge >= 0.3 is 0 Å². The molecule has 4 rings (SSSR count). The van der Waals surface area contributed by atoms with Crippen molar-refractivity contribution in [3.63, 3.8) is 0 Å². The zero-order chi connectivity index (χ0) is 15.9. The molecule has 0 aromatic heterocycles. The monoisotopic (exact) mass is 405 g/mol. The molecule has 2 saturated heterocycles. The molecule has 4 nitrogen and oxygen atoms in total. The van der Waals surface area contributed by atoms with Gasteiger partial charge in [0.25, 0.3) is 0 Å². The molecular weight excluding hydrogens is 381 g/mol. The van der Waals surface area contributed by atoms with Crippen molar-refractivity contribution in [2.24, 2.45) is 11.3 Å². The van der Waals surface area contributed by atoms with Crippen LogP contribution >= 0.6 is 36.4 Å². The lowest BCUT2D eigenvalue weighted by Gasteiger charge is -2.37. The predicted octanol–water partition coefficient (Wildman–Crippen LogP) is 3.22. The lowest BCUT2D eigenvalue weighted by Crippen LogP contribution is -2.49. The summed E-state index contributed by atoms with van der Waals surface area (Å²) in [4.78, 5) is 17.2. The van der Waals surface area contributed by atoms with E-state index in [2.05, 4.69) is 27.2 Å². The maximum absolute atomic E-state index is 12.8. The van der Waals surface area contributed by atoms with Crippen molar-refractivity contribution in [3.05, 3.63) is 29.3 Å². The van der Waals surface area contributed by atoms with Crippen LogP contribution in [0.1, 0.15) is 19.3 Å². The van der Waals surface area contributed by atoms with Crippen LogP contribution in [0.15, 0.2) is 24.3 Å². The fourth-order valence-corrected chi connectivity index (χ4v) is 4.36. The van der Waals surface area contributed by atoms with E-state index < -0.39 is 0 Å². The summed E-state index contributed by atoms with van der Waals surface area (Å²) in [5.74, 6) is 0.703. The summed E-state index contributed by atoms with van der Waals surface area (Å²) in [6, 6.07) is 7.98. The summed E-state index contributed by atoms with van der Waals surface area (Å²) < 4.78 is 0. The van der Waals surface area contributed by atoms with Crippen molar-refractivity contribution in [1.29, 1.82) is 0 Å². The van der Waals surface area contributed by atoms with Crippen LogP contribution < -0.4 is 10.2 Å². The van der Waals surface area contributed by atoms with Gasteiger partial charge in [0, 0.05) is 42.8 Å². The van der Waals surface area contributed by atoms with Gasteiger partial charge in [0.05, 0.1) is 0 Å². The third-order valence-electron chi connectivity index (χ3n) is 5.87. The molecule has 3 aliphatic rings. The molecule has 1 spiro atoms. The highest BCUT2D eigenvalue weighted by molar-refractivity contribution is 6.30. The smallest absolute Gasteiger partial charge is 0.226 e. The maximum atomic E-state index is 12.8. The second-order valence-electron chi connectivity index (χ2n) is 7.16. The van der Waals surface area contributed by atoms with E-state index in [0.29, 0.717) is 17.2 Å². The summed E-state index contributed by atoms with van der Waals surface area (Å²) in [6.45, 7) is 5.66. The number of halogens is 3. The minimum atomic E-state index is 0. The summed E-state index contributed by atoms with van der Waals surface area (Å²) in [5, 5.41) is 4.17. The number of hydrogen-bond donors (Lipinski definition) is 1. The number of carbonyl (C=O) groups excluding carboxylic acids is 1. The van der Waals surface area contributed by atoms with Crippen molar-refractivity contribution in [3.8, 4) is 0 Å². The highest BCUT2D eigenvalue weighted by Crippen LogP contribution is 2.59. The standard InChI is InChI=1S/C18H24ClN3O.2ClH/c19-14-1-3-15(4-2-14)21-9-11-22(12-10-21)17(23)16-13-18(16)5-7-20-8-6-18;;/h1-4,16,20H,5-13H2;2*1H. The lowest BCUT2D eigenvalue weighted by molar-refractivity contribution is -0.133. The average molecular weight is 407 g/mol. The Bertz CT molecular complexity index is 582. The van der Waals surface area contributed by atoms with Crippen LogP contribution in [0.25, 0.3) is 0 Å². The summed E-state index contributed by atoms with van der Waals surface area (Å²) in [7, 11) is 0. The van der Waals surface area contributed by atoms with E-state index in [1.807, 2.05) is 12.1 Å². The first-order valence-electron chi connectivity index (χ1n) is 8.68. The number of hydrogen-bond acceptors (Lipinski definition) is 3. The van der Waals surface area contributed by atoms with Crippen molar-refractivity contribution in [2.75, 3.05) is 44.2 Å². The Hall–Kier alpha value is -0.680. The Labute approximate surface area is 167 Å². The zero-order valence-electron chi connectivity index (χ0n) is 14.2. The minimum absolute atomic E-state index is 0. The molecule has 2 aliphatic heterocycles. The molecule has 1 unspecified atom stereocenters. The molecule has 1 aromatic carbocycles. The third kappa shape index (κ3) is 4.19. The number of nitrogens with one attached hydrogen (secondary N) is 1. The number of amides is 1. The molecular formula is C18H26Cl3N3O. The molecule has 1 atom stereocenters. The van der Waals surface area contributed by atoms with E-state index in [4.69, 9.17) is 11.6 Å². The minimum Gasteiger partial charge on any atom is -0.368 e. The first kappa shape index (κ1) is 20.6. The van der Waals surface area contributed by atoms with Crippen molar-refractivity contribution in [2.45, 2.75) is 19.3 Å². The van der Waals surface area contributed by atoms with Crippen molar-refractivity contribution < 1.29 is 4.79 Å². The van der Waals surface area contributed by atoms with E-state index in [1.54, 1.807) is 0 Å². The Morgan fingerprint density at radius 1 is 1.04 bits per heavy atom. The second-order valence-corrected chi connectivity index (χ2v) is 7.59. The Kier molecular flexibility index (Phi) is 6.88. The molecule has 1 amide bonds. The molecule has 25 heavy (non-hydrogen) atoms. The molecule has 1 aromatic rings. The van der Waals surface area contributed by atoms with Gasteiger partial charge in [-0.1, -0.05) is 11.6 Å². The van der Waals surface area contributed by atoms with Gasteiger partial charge in [0.2, 0.25) is 5.91 Å². The Morgan fingerprint density at radius 3 is 2.24 bits per heavy atom. The number of piperidine rings is 1. The van der Waals surface area contributed by atoms with Gasteiger partial charge in [-0.2, -0.15) is 0 Å². The van der Waals surface area contributed by atoms with Crippen LogP contribution in [0.5, 0.6) is 0 Å². The Morgan fingerprint density at radius 2 is 1.64 bits per heavy atom. The zero-order valence-corrected chi connectivity index (χ0v) is 16.6. The van der Waals surface area contributed by atoms with Crippen LogP contribution in [0.3, 0.4) is 0 Å². The van der Waals surface area contributed by atoms with Crippen LogP contribution in [-0.4, -0.2) is 50.1 Å². The molecule has 3 fully saturated rings. The van der Waals surface area contributed by atoms with E-state index in [1.165, 1.54) is 18.5 Å². The fourth-order valence-electron chi connectivity index (χ4n) is 4.23. The first-order chi connectivity index (χ1) is 11.2. The van der Waals surface area contributed by atoms with Crippen LogP contribution in [0, 0.1) is 11.3 Å². The maximum Gasteiger partial charge on any atom is 0.226 e. The molecule has 2 heterocycles. The number of carbonyl (C=O) groups is 1. The molecule has 140 valence electrons. The highest BCUT2D eigenvalue weighted by Gasteiger charge is 2.58. The number of anilines is 1. The number of piperazine rings is 1. The molecule has 7 heteroatoms. The molecule has 0 radical (unpaired) electrons. The lowest BCUT2D eigenvalue weighted by atomic mass is 9.91. The van der Waals surface area contributed by atoms with E-state index >= 15 is 0 Å². The normalized spacial score (nSPS) is 24.3. The van der Waals surface area contributed by atoms with Crippen molar-refractivity contribution >= 4 is 48.0 Å². The SMILES string of the molecule is Cl.Cl.O=C(C1CC12CCNCC2)N1CCN(c2ccc(Cl)cc2)CC1. The van der Waals surface area contributed by atoms with Crippen LogP contribution in [-0.2, 0) is 4.79 Å². The van der Waals surface area contributed by atoms with Gasteiger partial charge in [-0.25, -0.2) is 0 Å².